The van der Waals surface area contributed by atoms with E-state index in [1.807, 2.05) is 41.5 Å². The van der Waals surface area contributed by atoms with E-state index in [-0.39, 0.29) is 59.7 Å². The Kier molecular flexibility index (Phi) is 19.9. The largest absolute Gasteiger partial charge is 0.383 e. The Hall–Kier alpha value is -7.93. The molecule has 7 N–H and O–H groups in total. The van der Waals surface area contributed by atoms with Crippen LogP contribution in [-0.4, -0.2) is 107 Å². The SMILES string of the molecule is COCCN.COCCNc1nc(-c2cc(C(=O)NC(C)C)ccc2C)c2c(n1)N(c1c(F)cccc1F)C(=O)NC2.Cc1ccc(C(=O)NC(C)C)cc1-c1nc(S(C)=O)nc2c1CNC(=O)N2c1c(F)cccc1F. The Labute approximate surface area is 445 Å². The maximum atomic E-state index is 14.8. The molecule has 408 valence electrons. The fraction of sp³-hybridized carbons (Fsp3) is 0.321. The van der Waals surface area contributed by atoms with Crippen LogP contribution in [0.3, 0.4) is 0 Å². The van der Waals surface area contributed by atoms with E-state index in [4.69, 9.17) is 10.5 Å². The molecular weight excluding hydrogens is 1020 g/mol. The Balaban J connectivity index is 0.000000230. The number of ether oxygens (including phenoxy) is 2. The third-order valence-corrected chi connectivity index (χ3v) is 12.1. The second-order valence-corrected chi connectivity index (χ2v) is 19.2. The van der Waals surface area contributed by atoms with Gasteiger partial charge in [-0.15, -0.1) is 0 Å². The van der Waals surface area contributed by atoms with Crippen LogP contribution in [0.25, 0.3) is 22.5 Å². The number of nitrogens with two attached hydrogens (primary N) is 1. The van der Waals surface area contributed by atoms with Crippen molar-refractivity contribution in [2.45, 2.75) is 71.9 Å². The summed E-state index contributed by atoms with van der Waals surface area (Å²) in [4.78, 5) is 70.6. The highest BCUT2D eigenvalue weighted by Gasteiger charge is 2.36. The fourth-order valence-corrected chi connectivity index (χ4v) is 8.32. The molecule has 8 rings (SSSR count). The molecule has 0 saturated heterocycles. The van der Waals surface area contributed by atoms with Crippen LogP contribution >= 0.6 is 0 Å². The van der Waals surface area contributed by atoms with Crippen molar-refractivity contribution < 1.29 is 50.4 Å². The zero-order chi connectivity index (χ0) is 56.2. The first-order chi connectivity index (χ1) is 36.7. The second kappa shape index (κ2) is 26.2. The Bertz CT molecular complexity index is 3160. The Morgan fingerprint density at radius 2 is 1.10 bits per heavy atom. The van der Waals surface area contributed by atoms with Crippen LogP contribution in [0.4, 0.5) is 56.1 Å². The minimum atomic E-state index is -1.68. The van der Waals surface area contributed by atoms with Crippen LogP contribution < -0.4 is 42.1 Å². The smallest absolute Gasteiger partial charge is 0.328 e. The lowest BCUT2D eigenvalue weighted by Gasteiger charge is -2.31. The van der Waals surface area contributed by atoms with Gasteiger partial charge >= 0.3 is 12.1 Å². The van der Waals surface area contributed by atoms with E-state index in [1.54, 1.807) is 50.6 Å². The first-order valence-corrected chi connectivity index (χ1v) is 25.7. The number of benzene rings is 4. The number of hydrogen-bond acceptors (Lipinski definition) is 13. The molecule has 0 radical (unpaired) electrons. The number of nitrogens with one attached hydrogen (secondary N) is 5. The molecule has 0 aliphatic carbocycles. The minimum Gasteiger partial charge on any atom is -0.383 e. The molecule has 0 bridgehead atoms. The third-order valence-electron chi connectivity index (χ3n) is 11.5. The maximum absolute atomic E-state index is 14.8. The zero-order valence-corrected chi connectivity index (χ0v) is 44.7. The van der Waals surface area contributed by atoms with Gasteiger partial charge in [-0.25, -0.2) is 51.9 Å². The summed E-state index contributed by atoms with van der Waals surface area (Å²) in [7, 11) is 1.50. The number of para-hydroxylation sites is 2. The van der Waals surface area contributed by atoms with Gasteiger partial charge in [0.1, 0.15) is 34.6 Å². The summed E-state index contributed by atoms with van der Waals surface area (Å²) in [6.07, 6.45) is 1.36. The maximum Gasteiger partial charge on any atom is 0.328 e. The molecule has 2 aromatic heterocycles. The highest BCUT2D eigenvalue weighted by molar-refractivity contribution is 7.84. The summed E-state index contributed by atoms with van der Waals surface area (Å²) in [5, 5.41) is 13.9. The molecule has 1 atom stereocenters. The minimum absolute atomic E-state index is 0.0241. The van der Waals surface area contributed by atoms with E-state index >= 15 is 0 Å². The number of urea groups is 2. The summed E-state index contributed by atoms with van der Waals surface area (Å²) in [6.45, 7) is 13.1. The third kappa shape index (κ3) is 13.7. The molecule has 19 nitrogen and oxygen atoms in total. The number of halogens is 4. The molecule has 4 heterocycles. The summed E-state index contributed by atoms with van der Waals surface area (Å²) >= 11 is 0. The van der Waals surface area contributed by atoms with Crippen LogP contribution in [-0.2, 0) is 33.4 Å². The van der Waals surface area contributed by atoms with Gasteiger partial charge in [-0.05, 0) is 101 Å². The number of aromatic nitrogens is 4. The van der Waals surface area contributed by atoms with Gasteiger partial charge in [-0.3, -0.25) is 13.8 Å². The van der Waals surface area contributed by atoms with E-state index in [1.165, 1.54) is 18.4 Å². The number of carbonyl (C=O) groups excluding carboxylic acids is 4. The summed E-state index contributed by atoms with van der Waals surface area (Å²) in [5.41, 5.74) is 8.92. The number of anilines is 5. The van der Waals surface area contributed by atoms with Gasteiger partial charge < -0.3 is 41.8 Å². The predicted octanol–water partition coefficient (Wildman–Crippen LogP) is 7.85. The predicted molar refractivity (Wildman–Crippen MR) is 285 cm³/mol. The highest BCUT2D eigenvalue weighted by atomic mass is 32.2. The van der Waals surface area contributed by atoms with Crippen molar-refractivity contribution in [3.63, 3.8) is 0 Å². The van der Waals surface area contributed by atoms with Gasteiger partial charge in [0.2, 0.25) is 11.1 Å². The van der Waals surface area contributed by atoms with E-state index in [0.29, 0.717) is 71.1 Å². The number of methoxy groups -OCH3 is 2. The Morgan fingerprint density at radius 3 is 1.49 bits per heavy atom. The quantitative estimate of drug-likeness (QED) is 0.0326. The number of hydrogen-bond donors (Lipinski definition) is 6. The van der Waals surface area contributed by atoms with Gasteiger partial charge in [0.25, 0.3) is 11.8 Å². The second-order valence-electron chi connectivity index (χ2n) is 18.0. The fourth-order valence-electron chi connectivity index (χ4n) is 7.88. The summed E-state index contributed by atoms with van der Waals surface area (Å²) in [5.74, 6) is -4.20. The van der Waals surface area contributed by atoms with Crippen molar-refractivity contribution in [3.8, 4) is 22.5 Å². The molecule has 0 fully saturated rings. The average Bonchev–Trinajstić information content (AvgIpc) is 3.41. The molecule has 2 aliphatic rings. The van der Waals surface area contributed by atoms with Gasteiger partial charge in [0.05, 0.1) is 48.5 Å². The molecule has 77 heavy (non-hydrogen) atoms. The molecule has 2 aliphatic heterocycles. The molecule has 1 unspecified atom stereocenters. The van der Waals surface area contributed by atoms with Crippen molar-refractivity contribution in [2.24, 2.45) is 5.73 Å². The van der Waals surface area contributed by atoms with E-state index < -0.39 is 57.5 Å². The van der Waals surface area contributed by atoms with E-state index in [2.05, 4.69) is 51.3 Å². The molecule has 24 heteroatoms. The number of carbonyl (C=O) groups is 4. The van der Waals surface area contributed by atoms with Crippen molar-refractivity contribution >= 4 is 63.6 Å². The number of aryl methyl sites for hydroxylation is 2. The first kappa shape index (κ1) is 58.3. The number of rotatable bonds is 15. The average molecular weight is 1090 g/mol. The molecule has 6 aromatic rings. The normalized spacial score (nSPS) is 13.0. The lowest BCUT2D eigenvalue weighted by Crippen LogP contribution is -2.43. The lowest BCUT2D eigenvalue weighted by molar-refractivity contribution is 0.0934. The molecule has 4 aromatic carbocycles. The number of amides is 6. The van der Waals surface area contributed by atoms with Crippen molar-refractivity contribution in [1.82, 2.24) is 41.2 Å². The summed E-state index contributed by atoms with van der Waals surface area (Å²) in [6, 6.07) is 15.2. The Morgan fingerprint density at radius 1 is 0.675 bits per heavy atom. The summed E-state index contributed by atoms with van der Waals surface area (Å²) < 4.78 is 81.0. The topological polar surface area (TPSA) is 248 Å². The van der Waals surface area contributed by atoms with Crippen molar-refractivity contribution in [1.29, 1.82) is 0 Å². The van der Waals surface area contributed by atoms with Gasteiger partial charge in [0, 0.05) is 79.0 Å². The van der Waals surface area contributed by atoms with Crippen LogP contribution in [0.5, 0.6) is 0 Å². The molecule has 0 spiro atoms. The molecule has 0 saturated carbocycles. The van der Waals surface area contributed by atoms with Gasteiger partial charge in [-0.2, -0.15) is 4.98 Å². The lowest BCUT2D eigenvalue weighted by atomic mass is 9.97. The molecule has 6 amide bonds. The first-order valence-electron chi connectivity index (χ1n) is 24.2. The van der Waals surface area contributed by atoms with Crippen molar-refractivity contribution in [3.05, 3.63) is 129 Å². The van der Waals surface area contributed by atoms with Crippen LogP contribution in [0.1, 0.15) is 70.7 Å². The zero-order valence-electron chi connectivity index (χ0n) is 43.9. The standard InChI is InChI=1S/C26H28F2N6O3.C24H23F2N5O3S.C3H9NO/c1-14(2)31-24(35)16-9-8-15(3)17(12-16)21-18-13-30-26(36)34(22-19(27)6-5-7-20(22)28)23(18)33-25(32-21)29-10-11-37-4;1-12(2)28-22(32)14-9-8-13(3)15(10-14)19-16-11-27-24(33)31(20-17(25)6-5-7-18(20)26)21(16)30-23(29-19)35(4)34;1-5-3-2-4/h5-9,12,14H,10-11,13H2,1-4H3,(H,30,36)(H,31,35)(H,29,32,33);5-10,12H,11H2,1-4H3,(H,27,33)(H,28,32);2-4H2,1H3. The van der Waals surface area contributed by atoms with Gasteiger partial charge in [-0.1, -0.05) is 24.3 Å². The van der Waals surface area contributed by atoms with Crippen LogP contribution in [0.2, 0.25) is 0 Å². The number of nitrogens with zero attached hydrogens (tertiary/aromatic N) is 6. The van der Waals surface area contributed by atoms with Crippen LogP contribution in [0.15, 0.2) is 78.0 Å². The van der Waals surface area contributed by atoms with E-state index in [0.717, 1.165) is 45.2 Å². The van der Waals surface area contributed by atoms with Crippen molar-refractivity contribution in [2.75, 3.05) is 61.9 Å². The van der Waals surface area contributed by atoms with Crippen LogP contribution in [0, 0.1) is 37.1 Å². The van der Waals surface area contributed by atoms with Gasteiger partial charge in [0.15, 0.2) is 11.6 Å². The number of fused-ring (bicyclic) bond motifs is 2. The highest BCUT2D eigenvalue weighted by Crippen LogP contribution is 2.41. The van der Waals surface area contributed by atoms with E-state index in [9.17, 15) is 40.9 Å². The molecular formula is C53H60F4N12O7S. The monoisotopic (exact) mass is 1080 g/mol.